The monoisotopic (exact) mass is 442 g/mol. The van der Waals surface area contributed by atoms with Crippen molar-refractivity contribution in [1.82, 2.24) is 15.5 Å². The summed E-state index contributed by atoms with van der Waals surface area (Å²) in [5.41, 5.74) is 3.70. The first-order valence-electron chi connectivity index (χ1n) is 10.9. The van der Waals surface area contributed by atoms with E-state index in [0.717, 1.165) is 44.1 Å². The number of aryl methyl sites for hydroxylation is 1. The first-order chi connectivity index (χ1) is 14.9. The topological polar surface area (TPSA) is 73.8 Å². The van der Waals surface area contributed by atoms with E-state index in [0.29, 0.717) is 10.9 Å². The third kappa shape index (κ3) is 6.80. The molecule has 168 valence electrons. The molecule has 6 nitrogen and oxygen atoms in total. The average molecular weight is 443 g/mol. The summed E-state index contributed by atoms with van der Waals surface area (Å²) in [4.78, 5) is 7.27. The molecule has 1 aliphatic heterocycles. The molecule has 0 aromatic heterocycles. The lowest BCUT2D eigenvalue weighted by molar-refractivity contribution is 0.245. The normalized spacial score (nSPS) is 16.3. The summed E-state index contributed by atoms with van der Waals surface area (Å²) in [5, 5.41) is 6.86. The second kappa shape index (κ2) is 10.8. The van der Waals surface area contributed by atoms with Gasteiger partial charge in [0.15, 0.2) is 15.8 Å². The lowest BCUT2D eigenvalue weighted by atomic mass is 10.0. The van der Waals surface area contributed by atoms with Crippen LogP contribution in [0.2, 0.25) is 0 Å². The van der Waals surface area contributed by atoms with Gasteiger partial charge in [-0.1, -0.05) is 42.0 Å². The number of hydrogen-bond donors (Lipinski definition) is 2. The molecular formula is C24H34N4O2S. The fraction of sp³-hybridized carbons (Fsp3) is 0.458. The number of aliphatic imine (C=N–C) groups is 1. The van der Waals surface area contributed by atoms with Gasteiger partial charge >= 0.3 is 0 Å². The maximum Gasteiger partial charge on any atom is 0.191 e. The van der Waals surface area contributed by atoms with Gasteiger partial charge in [-0.25, -0.2) is 8.42 Å². The van der Waals surface area contributed by atoms with Crippen LogP contribution in [0, 0.1) is 6.92 Å². The number of benzene rings is 2. The molecule has 1 aliphatic rings. The van der Waals surface area contributed by atoms with Crippen molar-refractivity contribution in [2.75, 3.05) is 39.5 Å². The zero-order chi connectivity index (χ0) is 22.3. The van der Waals surface area contributed by atoms with Crippen molar-refractivity contribution in [3.8, 4) is 0 Å². The number of guanidine groups is 1. The number of rotatable bonds is 8. The Morgan fingerprint density at radius 3 is 2.26 bits per heavy atom. The Kier molecular flexibility index (Phi) is 8.09. The quantitative estimate of drug-likeness (QED) is 0.486. The Labute approximate surface area is 186 Å². The first-order valence-corrected chi connectivity index (χ1v) is 12.8. The van der Waals surface area contributed by atoms with Gasteiger partial charge in [-0.15, -0.1) is 0 Å². The summed E-state index contributed by atoms with van der Waals surface area (Å²) >= 11 is 0. The van der Waals surface area contributed by atoms with Crippen molar-refractivity contribution >= 4 is 15.8 Å². The van der Waals surface area contributed by atoms with E-state index in [-0.39, 0.29) is 0 Å². The number of nitrogens with one attached hydrogen (secondary N) is 2. The highest BCUT2D eigenvalue weighted by molar-refractivity contribution is 7.90. The van der Waals surface area contributed by atoms with Gasteiger partial charge in [0, 0.05) is 26.4 Å². The second-order valence-electron chi connectivity index (χ2n) is 8.22. The largest absolute Gasteiger partial charge is 0.356 e. The highest BCUT2D eigenvalue weighted by Gasteiger charge is 2.23. The fourth-order valence-corrected chi connectivity index (χ4v) is 4.57. The lowest BCUT2D eigenvalue weighted by Crippen LogP contribution is -2.43. The summed E-state index contributed by atoms with van der Waals surface area (Å²) < 4.78 is 23.2. The molecule has 2 aromatic carbocycles. The maximum absolute atomic E-state index is 11.6. The van der Waals surface area contributed by atoms with Crippen LogP contribution >= 0.6 is 0 Å². The highest BCUT2D eigenvalue weighted by atomic mass is 32.2. The van der Waals surface area contributed by atoms with Crippen molar-refractivity contribution in [2.24, 2.45) is 4.99 Å². The molecule has 1 atom stereocenters. The zero-order valence-electron chi connectivity index (χ0n) is 18.8. The first kappa shape index (κ1) is 23.3. The zero-order valence-corrected chi connectivity index (χ0v) is 19.6. The Bertz CT molecular complexity index is 964. The van der Waals surface area contributed by atoms with Crippen LogP contribution in [0.1, 0.15) is 35.6 Å². The van der Waals surface area contributed by atoms with E-state index >= 15 is 0 Å². The van der Waals surface area contributed by atoms with E-state index in [1.54, 1.807) is 19.2 Å². The van der Waals surface area contributed by atoms with Crippen LogP contribution in [0.5, 0.6) is 0 Å². The van der Waals surface area contributed by atoms with E-state index in [9.17, 15) is 8.42 Å². The fourth-order valence-electron chi connectivity index (χ4n) is 3.94. The molecule has 0 bridgehead atoms. The Morgan fingerprint density at radius 1 is 1.03 bits per heavy atom. The average Bonchev–Trinajstić information content (AvgIpc) is 3.28. The van der Waals surface area contributed by atoms with Gasteiger partial charge in [0.05, 0.1) is 10.9 Å². The maximum atomic E-state index is 11.6. The van der Waals surface area contributed by atoms with E-state index in [2.05, 4.69) is 51.7 Å². The van der Waals surface area contributed by atoms with Crippen molar-refractivity contribution in [2.45, 2.75) is 37.1 Å². The standard InChI is InChI=1S/C24H34N4O2S/c1-19-6-10-21(11-7-19)23(28-16-4-5-17-28)18-27-24(25-2)26-15-14-20-8-12-22(13-9-20)31(3,29)30/h6-13,23H,4-5,14-18H2,1-3H3,(H2,25,26,27). The molecule has 0 aliphatic carbocycles. The van der Waals surface area contributed by atoms with Gasteiger partial charge < -0.3 is 10.6 Å². The van der Waals surface area contributed by atoms with E-state index in [1.165, 1.54) is 30.2 Å². The van der Waals surface area contributed by atoms with Crippen molar-refractivity contribution in [3.05, 3.63) is 65.2 Å². The molecule has 1 heterocycles. The third-order valence-corrected chi connectivity index (χ3v) is 6.92. The molecule has 7 heteroatoms. The van der Waals surface area contributed by atoms with Gasteiger partial charge in [0.1, 0.15) is 0 Å². The summed E-state index contributed by atoms with van der Waals surface area (Å²) in [7, 11) is -1.37. The van der Waals surface area contributed by atoms with Crippen molar-refractivity contribution in [3.63, 3.8) is 0 Å². The third-order valence-electron chi connectivity index (χ3n) is 5.79. The Hall–Kier alpha value is -2.38. The van der Waals surface area contributed by atoms with Crippen LogP contribution < -0.4 is 10.6 Å². The van der Waals surface area contributed by atoms with Crippen LogP contribution in [-0.4, -0.2) is 58.8 Å². The lowest BCUT2D eigenvalue weighted by Gasteiger charge is -2.29. The summed E-state index contributed by atoms with van der Waals surface area (Å²) in [6.45, 7) is 5.90. The van der Waals surface area contributed by atoms with Crippen LogP contribution in [-0.2, 0) is 16.3 Å². The molecule has 1 saturated heterocycles. The molecule has 2 aromatic rings. The smallest absolute Gasteiger partial charge is 0.191 e. The number of likely N-dealkylation sites (tertiary alicyclic amines) is 1. The predicted octanol–water partition coefficient (Wildman–Crippen LogP) is 2.94. The molecule has 1 unspecified atom stereocenters. The minimum atomic E-state index is -3.15. The second-order valence-corrected chi connectivity index (χ2v) is 10.2. The molecule has 31 heavy (non-hydrogen) atoms. The molecular weight excluding hydrogens is 408 g/mol. The predicted molar refractivity (Wildman–Crippen MR) is 127 cm³/mol. The molecule has 0 saturated carbocycles. The van der Waals surface area contributed by atoms with E-state index < -0.39 is 9.84 Å². The molecule has 0 spiro atoms. The van der Waals surface area contributed by atoms with E-state index in [1.807, 2.05) is 12.1 Å². The van der Waals surface area contributed by atoms with Crippen LogP contribution in [0.15, 0.2) is 58.4 Å². The van der Waals surface area contributed by atoms with Gasteiger partial charge in [-0.05, 0) is 62.5 Å². The highest BCUT2D eigenvalue weighted by Crippen LogP contribution is 2.24. The molecule has 0 amide bonds. The SMILES string of the molecule is CN=C(NCCc1ccc(S(C)(=O)=O)cc1)NCC(c1ccc(C)cc1)N1CCCC1. The Morgan fingerprint density at radius 2 is 1.68 bits per heavy atom. The Balaban J connectivity index is 1.54. The van der Waals surface area contributed by atoms with Gasteiger partial charge in [0.2, 0.25) is 0 Å². The van der Waals surface area contributed by atoms with Crippen LogP contribution in [0.3, 0.4) is 0 Å². The minimum Gasteiger partial charge on any atom is -0.356 e. The molecule has 1 fully saturated rings. The summed E-state index contributed by atoms with van der Waals surface area (Å²) in [6.07, 6.45) is 4.53. The number of sulfone groups is 1. The molecule has 0 radical (unpaired) electrons. The van der Waals surface area contributed by atoms with Gasteiger partial charge in [0.25, 0.3) is 0 Å². The van der Waals surface area contributed by atoms with Crippen molar-refractivity contribution < 1.29 is 8.42 Å². The molecule has 3 rings (SSSR count). The van der Waals surface area contributed by atoms with E-state index in [4.69, 9.17) is 0 Å². The molecule has 2 N–H and O–H groups in total. The van der Waals surface area contributed by atoms with Crippen molar-refractivity contribution in [1.29, 1.82) is 0 Å². The number of hydrogen-bond acceptors (Lipinski definition) is 4. The number of nitrogens with zero attached hydrogens (tertiary/aromatic N) is 2. The minimum absolute atomic E-state index is 0.324. The summed E-state index contributed by atoms with van der Waals surface area (Å²) in [6, 6.07) is 16.2. The van der Waals surface area contributed by atoms with Gasteiger partial charge in [-0.3, -0.25) is 9.89 Å². The summed E-state index contributed by atoms with van der Waals surface area (Å²) in [5.74, 6) is 0.782. The van der Waals surface area contributed by atoms with Gasteiger partial charge in [-0.2, -0.15) is 0 Å². The van der Waals surface area contributed by atoms with Crippen LogP contribution in [0.4, 0.5) is 0 Å². The van der Waals surface area contributed by atoms with Crippen LogP contribution in [0.25, 0.3) is 0 Å².